The summed E-state index contributed by atoms with van der Waals surface area (Å²) >= 11 is 9.41. The normalized spacial score (nSPS) is 12.1. The van der Waals surface area contributed by atoms with Crippen LogP contribution in [0.4, 0.5) is 0 Å². The smallest absolute Gasteiger partial charge is 0.224 e. The first kappa shape index (κ1) is 20.6. The summed E-state index contributed by atoms with van der Waals surface area (Å²) in [5.74, 6) is 0.788. The molecular formula is C24H21BrClN3O. The fourth-order valence-corrected chi connectivity index (χ4v) is 3.90. The Hall–Kier alpha value is -2.63. The average molecular weight is 483 g/mol. The lowest BCUT2D eigenvalue weighted by molar-refractivity contribution is -0.121. The monoisotopic (exact) mass is 481 g/mol. The first-order valence-electron chi connectivity index (χ1n) is 9.73. The van der Waals surface area contributed by atoms with Crippen LogP contribution >= 0.6 is 27.5 Å². The highest BCUT2D eigenvalue weighted by Gasteiger charge is 2.19. The molecule has 0 saturated heterocycles. The van der Waals surface area contributed by atoms with Crippen LogP contribution in [0.25, 0.3) is 11.0 Å². The molecule has 4 aromatic rings. The molecule has 0 bridgehead atoms. The Labute approximate surface area is 189 Å². The summed E-state index contributed by atoms with van der Waals surface area (Å²) in [6.07, 6.45) is 0.300. The SMILES string of the molecule is CC(NC(=O)Cc1ccc(Cl)cc1)c1nc2ccccc2n1Cc1ccc(Br)cc1. The van der Waals surface area contributed by atoms with E-state index in [1.807, 2.05) is 49.4 Å². The minimum Gasteiger partial charge on any atom is -0.346 e. The van der Waals surface area contributed by atoms with Crippen LogP contribution in [0.5, 0.6) is 0 Å². The Bertz CT molecular complexity index is 1170. The van der Waals surface area contributed by atoms with E-state index in [-0.39, 0.29) is 11.9 Å². The van der Waals surface area contributed by atoms with Gasteiger partial charge >= 0.3 is 0 Å². The number of nitrogens with one attached hydrogen (secondary N) is 1. The Morgan fingerprint density at radius 1 is 1.03 bits per heavy atom. The third kappa shape index (κ3) is 4.74. The minimum atomic E-state index is -0.229. The molecule has 152 valence electrons. The maximum atomic E-state index is 12.6. The van der Waals surface area contributed by atoms with Gasteiger partial charge in [0.2, 0.25) is 5.91 Å². The van der Waals surface area contributed by atoms with Crippen molar-refractivity contribution in [1.29, 1.82) is 0 Å². The highest BCUT2D eigenvalue weighted by atomic mass is 79.9. The number of benzene rings is 3. The highest BCUT2D eigenvalue weighted by molar-refractivity contribution is 9.10. The van der Waals surface area contributed by atoms with Gasteiger partial charge in [-0.15, -0.1) is 0 Å². The maximum Gasteiger partial charge on any atom is 0.224 e. The van der Waals surface area contributed by atoms with E-state index in [2.05, 4.69) is 44.0 Å². The van der Waals surface area contributed by atoms with Gasteiger partial charge in [-0.1, -0.05) is 63.9 Å². The van der Waals surface area contributed by atoms with Crippen LogP contribution in [-0.2, 0) is 17.8 Å². The molecule has 1 unspecified atom stereocenters. The Balaban J connectivity index is 1.58. The van der Waals surface area contributed by atoms with Crippen LogP contribution in [0, 0.1) is 0 Å². The second kappa shape index (κ2) is 9.02. The number of carbonyl (C=O) groups excluding carboxylic acids is 1. The first-order chi connectivity index (χ1) is 14.5. The van der Waals surface area contributed by atoms with E-state index in [0.717, 1.165) is 26.9 Å². The number of halogens is 2. The van der Waals surface area contributed by atoms with Crippen molar-refractivity contribution in [2.24, 2.45) is 0 Å². The summed E-state index contributed by atoms with van der Waals surface area (Å²) in [5, 5.41) is 3.75. The lowest BCUT2D eigenvalue weighted by Crippen LogP contribution is -2.30. The summed E-state index contributed by atoms with van der Waals surface area (Å²) in [6, 6.07) is 23.4. The van der Waals surface area contributed by atoms with E-state index in [1.54, 1.807) is 12.1 Å². The van der Waals surface area contributed by atoms with E-state index >= 15 is 0 Å². The van der Waals surface area contributed by atoms with E-state index in [1.165, 1.54) is 5.56 Å². The molecule has 0 aliphatic carbocycles. The molecule has 6 heteroatoms. The molecule has 1 aromatic heterocycles. The van der Waals surface area contributed by atoms with Crippen molar-refractivity contribution in [1.82, 2.24) is 14.9 Å². The van der Waals surface area contributed by atoms with Crippen molar-refractivity contribution >= 4 is 44.5 Å². The van der Waals surface area contributed by atoms with Crippen LogP contribution in [0.2, 0.25) is 5.02 Å². The lowest BCUT2D eigenvalue weighted by atomic mass is 10.1. The maximum absolute atomic E-state index is 12.6. The van der Waals surface area contributed by atoms with Gasteiger partial charge in [0.1, 0.15) is 5.82 Å². The van der Waals surface area contributed by atoms with Gasteiger partial charge in [0.05, 0.1) is 23.5 Å². The standard InChI is InChI=1S/C24H21BrClN3O/c1-16(27-23(30)14-17-8-12-20(26)13-9-17)24-28-21-4-2-3-5-22(21)29(24)15-18-6-10-19(25)11-7-18/h2-13,16H,14-15H2,1H3,(H,27,30). The number of nitrogens with zero attached hydrogens (tertiary/aromatic N) is 2. The Morgan fingerprint density at radius 2 is 1.70 bits per heavy atom. The fraction of sp³-hybridized carbons (Fsp3) is 0.167. The molecule has 0 aliphatic heterocycles. The largest absolute Gasteiger partial charge is 0.346 e. The molecule has 3 aromatic carbocycles. The van der Waals surface area contributed by atoms with Crippen molar-refractivity contribution < 1.29 is 4.79 Å². The van der Waals surface area contributed by atoms with Gasteiger partial charge in [0.15, 0.2) is 0 Å². The van der Waals surface area contributed by atoms with E-state index in [0.29, 0.717) is 18.0 Å². The predicted octanol–water partition coefficient (Wildman–Crippen LogP) is 5.92. The molecular weight excluding hydrogens is 462 g/mol. The number of aromatic nitrogens is 2. The number of imidazole rings is 1. The zero-order valence-corrected chi connectivity index (χ0v) is 18.8. The number of amides is 1. The predicted molar refractivity (Wildman–Crippen MR) is 125 cm³/mol. The number of rotatable bonds is 6. The average Bonchev–Trinajstić information content (AvgIpc) is 3.10. The van der Waals surface area contributed by atoms with Gasteiger partial charge in [-0.3, -0.25) is 4.79 Å². The fourth-order valence-electron chi connectivity index (χ4n) is 3.51. The van der Waals surface area contributed by atoms with E-state index in [9.17, 15) is 4.79 Å². The van der Waals surface area contributed by atoms with Gasteiger partial charge in [0.25, 0.3) is 0 Å². The number of fused-ring (bicyclic) bond motifs is 1. The summed E-state index contributed by atoms with van der Waals surface area (Å²) in [4.78, 5) is 17.4. The molecule has 0 fully saturated rings. The first-order valence-corrected chi connectivity index (χ1v) is 10.9. The molecule has 4 nitrogen and oxygen atoms in total. The van der Waals surface area contributed by atoms with E-state index in [4.69, 9.17) is 16.6 Å². The van der Waals surface area contributed by atoms with Gasteiger partial charge in [-0.05, 0) is 54.4 Å². The molecule has 30 heavy (non-hydrogen) atoms. The highest BCUT2D eigenvalue weighted by Crippen LogP contribution is 2.23. The van der Waals surface area contributed by atoms with Crippen molar-refractivity contribution in [3.63, 3.8) is 0 Å². The van der Waals surface area contributed by atoms with Crippen molar-refractivity contribution in [2.45, 2.75) is 25.9 Å². The van der Waals surface area contributed by atoms with Crippen molar-refractivity contribution in [2.75, 3.05) is 0 Å². The lowest BCUT2D eigenvalue weighted by Gasteiger charge is -2.17. The van der Waals surface area contributed by atoms with Crippen molar-refractivity contribution in [3.8, 4) is 0 Å². The summed E-state index contributed by atoms with van der Waals surface area (Å²) < 4.78 is 3.22. The number of hydrogen-bond acceptors (Lipinski definition) is 2. The Morgan fingerprint density at radius 3 is 2.43 bits per heavy atom. The number of hydrogen-bond donors (Lipinski definition) is 1. The van der Waals surface area contributed by atoms with Crippen LogP contribution in [0.1, 0.15) is 29.9 Å². The molecule has 1 N–H and O–H groups in total. The second-order valence-corrected chi connectivity index (χ2v) is 8.62. The summed E-state index contributed by atoms with van der Waals surface area (Å²) in [6.45, 7) is 2.65. The van der Waals surface area contributed by atoms with Crippen LogP contribution in [-0.4, -0.2) is 15.5 Å². The Kier molecular flexibility index (Phi) is 6.21. The molecule has 0 spiro atoms. The van der Waals surface area contributed by atoms with Crippen molar-refractivity contribution in [3.05, 3.63) is 99.2 Å². The van der Waals surface area contributed by atoms with Gasteiger partial charge < -0.3 is 9.88 Å². The minimum absolute atomic E-state index is 0.0490. The van der Waals surface area contributed by atoms with Gasteiger partial charge in [-0.2, -0.15) is 0 Å². The van der Waals surface area contributed by atoms with Gasteiger partial charge in [-0.25, -0.2) is 4.98 Å². The number of para-hydroxylation sites is 2. The summed E-state index contributed by atoms with van der Waals surface area (Å²) in [7, 11) is 0. The van der Waals surface area contributed by atoms with Crippen LogP contribution in [0.15, 0.2) is 77.3 Å². The zero-order valence-electron chi connectivity index (χ0n) is 16.5. The molecule has 4 rings (SSSR count). The molecule has 1 heterocycles. The molecule has 1 atom stereocenters. The molecule has 1 amide bonds. The van der Waals surface area contributed by atoms with E-state index < -0.39 is 0 Å². The van der Waals surface area contributed by atoms with Gasteiger partial charge in [0, 0.05) is 16.0 Å². The van der Waals surface area contributed by atoms with Crippen LogP contribution in [0.3, 0.4) is 0 Å². The third-order valence-electron chi connectivity index (χ3n) is 4.98. The van der Waals surface area contributed by atoms with Crippen LogP contribution < -0.4 is 5.32 Å². The molecule has 0 radical (unpaired) electrons. The topological polar surface area (TPSA) is 46.9 Å². The summed E-state index contributed by atoms with van der Waals surface area (Å²) in [5.41, 5.74) is 4.06. The second-order valence-electron chi connectivity index (χ2n) is 7.26. The zero-order chi connectivity index (χ0) is 21.1. The molecule has 0 aliphatic rings. The third-order valence-corrected chi connectivity index (χ3v) is 5.76. The number of carbonyl (C=O) groups is 1. The quantitative estimate of drug-likeness (QED) is 0.371. The molecule has 0 saturated carbocycles.